The molecule has 2 aliphatic rings. The predicted molar refractivity (Wildman–Crippen MR) is 106 cm³/mol. The van der Waals surface area contributed by atoms with Crippen molar-refractivity contribution in [3.05, 3.63) is 53.0 Å². The lowest BCUT2D eigenvalue weighted by molar-refractivity contribution is -0.132. The number of fused-ring (bicyclic) bond motifs is 2. The summed E-state index contributed by atoms with van der Waals surface area (Å²) in [5.41, 5.74) is 3.20. The van der Waals surface area contributed by atoms with Crippen molar-refractivity contribution in [1.82, 2.24) is 25.2 Å². The molecule has 1 aromatic carbocycles. The zero-order valence-corrected chi connectivity index (χ0v) is 16.9. The van der Waals surface area contributed by atoms with Crippen molar-refractivity contribution >= 4 is 11.9 Å². The second kappa shape index (κ2) is 6.45. The third-order valence-corrected chi connectivity index (χ3v) is 6.11. The van der Waals surface area contributed by atoms with Crippen LogP contribution in [0.2, 0.25) is 0 Å². The molecule has 0 bridgehead atoms. The molecular formula is C21H21N5O4. The van der Waals surface area contributed by atoms with Gasteiger partial charge in [0.2, 0.25) is 0 Å². The number of urea groups is 1. The maximum Gasteiger partial charge on any atom is 0.325 e. The second-order valence-corrected chi connectivity index (χ2v) is 7.70. The van der Waals surface area contributed by atoms with Gasteiger partial charge in [-0.15, -0.1) is 0 Å². The lowest BCUT2D eigenvalue weighted by Gasteiger charge is -2.22. The number of hydrogen-bond acceptors (Lipinski definition) is 6. The molecule has 1 fully saturated rings. The molecule has 3 aromatic rings. The van der Waals surface area contributed by atoms with Crippen molar-refractivity contribution in [2.75, 3.05) is 7.11 Å². The van der Waals surface area contributed by atoms with Crippen molar-refractivity contribution in [1.29, 1.82) is 0 Å². The first-order valence-electron chi connectivity index (χ1n) is 9.69. The summed E-state index contributed by atoms with van der Waals surface area (Å²) in [7, 11) is 3.43. The highest BCUT2D eigenvalue weighted by Gasteiger charge is 2.55. The average molecular weight is 407 g/mol. The molecule has 30 heavy (non-hydrogen) atoms. The molecule has 0 radical (unpaired) electrons. The number of benzene rings is 1. The Kier molecular flexibility index (Phi) is 3.96. The molecule has 154 valence electrons. The Labute approximate surface area is 172 Å². The monoisotopic (exact) mass is 407 g/mol. The summed E-state index contributed by atoms with van der Waals surface area (Å²) >= 11 is 0. The fourth-order valence-electron chi connectivity index (χ4n) is 4.30. The number of ether oxygens (including phenoxy) is 1. The highest BCUT2D eigenvalue weighted by molar-refractivity contribution is 6.08. The molecule has 1 aliphatic heterocycles. The molecule has 5 rings (SSSR count). The number of hydrogen-bond donors (Lipinski definition) is 1. The number of amides is 3. The van der Waals surface area contributed by atoms with Gasteiger partial charge >= 0.3 is 6.03 Å². The fraction of sp³-hybridized carbons (Fsp3) is 0.333. The largest absolute Gasteiger partial charge is 0.497 e. The van der Waals surface area contributed by atoms with Gasteiger partial charge in [0.05, 0.1) is 19.9 Å². The summed E-state index contributed by atoms with van der Waals surface area (Å²) in [5.74, 6) is 0.801. The summed E-state index contributed by atoms with van der Waals surface area (Å²) in [6, 6.07) is 6.95. The van der Waals surface area contributed by atoms with E-state index in [9.17, 15) is 9.59 Å². The molecule has 3 heterocycles. The molecule has 1 unspecified atom stereocenters. The van der Waals surface area contributed by atoms with Crippen LogP contribution in [0.25, 0.3) is 11.3 Å². The first kappa shape index (κ1) is 18.4. The number of nitrogens with one attached hydrogen (secondary N) is 1. The molecular weight excluding hydrogens is 386 g/mol. The topological polar surface area (TPSA) is 102 Å². The highest BCUT2D eigenvalue weighted by atomic mass is 16.5. The number of carbonyl (C=O) groups is 2. The SMILES string of the molecule is COc1ccc2c(c1)C1(CC2)NC(=O)N(Cc2cc(-c3cnn(C)c3C)no2)C1=O. The maximum absolute atomic E-state index is 13.4. The van der Waals surface area contributed by atoms with E-state index in [-0.39, 0.29) is 12.5 Å². The Bertz CT molecular complexity index is 1180. The smallest absolute Gasteiger partial charge is 0.325 e. The zero-order chi connectivity index (χ0) is 21.0. The van der Waals surface area contributed by atoms with Gasteiger partial charge in [0.15, 0.2) is 5.76 Å². The van der Waals surface area contributed by atoms with Gasteiger partial charge < -0.3 is 14.6 Å². The number of rotatable bonds is 4. The summed E-state index contributed by atoms with van der Waals surface area (Å²) in [6.07, 6.45) is 2.95. The van der Waals surface area contributed by atoms with Crippen molar-refractivity contribution in [2.24, 2.45) is 7.05 Å². The molecule has 0 saturated carbocycles. The summed E-state index contributed by atoms with van der Waals surface area (Å²) in [4.78, 5) is 27.3. The summed E-state index contributed by atoms with van der Waals surface area (Å²) in [5, 5.41) is 11.2. The Morgan fingerprint density at radius 2 is 2.13 bits per heavy atom. The quantitative estimate of drug-likeness (QED) is 0.666. The van der Waals surface area contributed by atoms with E-state index in [0.29, 0.717) is 30.0 Å². The van der Waals surface area contributed by atoms with Gasteiger partial charge in [0.25, 0.3) is 5.91 Å². The lowest BCUT2D eigenvalue weighted by Crippen LogP contribution is -2.41. The van der Waals surface area contributed by atoms with Crippen LogP contribution in [0.5, 0.6) is 5.75 Å². The molecule has 3 amide bonds. The van der Waals surface area contributed by atoms with Crippen LogP contribution in [-0.4, -0.2) is 38.9 Å². The van der Waals surface area contributed by atoms with Gasteiger partial charge in [-0.05, 0) is 43.0 Å². The first-order valence-corrected chi connectivity index (χ1v) is 9.69. The summed E-state index contributed by atoms with van der Waals surface area (Å²) < 4.78 is 12.5. The van der Waals surface area contributed by atoms with Crippen LogP contribution in [0.4, 0.5) is 4.79 Å². The van der Waals surface area contributed by atoms with Gasteiger partial charge in [0.1, 0.15) is 17.0 Å². The number of aryl methyl sites for hydroxylation is 2. The number of methoxy groups -OCH3 is 1. The highest BCUT2D eigenvalue weighted by Crippen LogP contribution is 2.43. The maximum atomic E-state index is 13.4. The van der Waals surface area contributed by atoms with E-state index in [1.54, 1.807) is 24.1 Å². The van der Waals surface area contributed by atoms with Gasteiger partial charge in [-0.3, -0.25) is 14.4 Å². The minimum absolute atomic E-state index is 0.0119. The van der Waals surface area contributed by atoms with Crippen LogP contribution in [0, 0.1) is 6.92 Å². The Hall–Kier alpha value is -3.62. The van der Waals surface area contributed by atoms with Crippen LogP contribution in [-0.2, 0) is 30.3 Å². The number of carbonyl (C=O) groups excluding carboxylic acids is 2. The van der Waals surface area contributed by atoms with Crippen molar-refractivity contribution in [3.63, 3.8) is 0 Å². The van der Waals surface area contributed by atoms with Crippen molar-refractivity contribution in [3.8, 4) is 17.0 Å². The van der Waals surface area contributed by atoms with E-state index >= 15 is 0 Å². The Morgan fingerprint density at radius 1 is 1.30 bits per heavy atom. The van der Waals surface area contributed by atoms with Gasteiger partial charge in [-0.2, -0.15) is 5.10 Å². The second-order valence-electron chi connectivity index (χ2n) is 7.70. The molecule has 1 aliphatic carbocycles. The Balaban J connectivity index is 1.43. The third-order valence-electron chi connectivity index (χ3n) is 6.11. The van der Waals surface area contributed by atoms with E-state index in [4.69, 9.17) is 9.26 Å². The molecule has 9 nitrogen and oxygen atoms in total. The minimum Gasteiger partial charge on any atom is -0.497 e. The zero-order valence-electron chi connectivity index (χ0n) is 16.9. The van der Waals surface area contributed by atoms with Gasteiger partial charge in [-0.25, -0.2) is 4.79 Å². The first-order chi connectivity index (χ1) is 14.4. The van der Waals surface area contributed by atoms with Gasteiger partial charge in [-0.1, -0.05) is 11.2 Å². The van der Waals surface area contributed by atoms with Crippen LogP contribution >= 0.6 is 0 Å². The van der Waals surface area contributed by atoms with E-state index in [2.05, 4.69) is 15.6 Å². The summed E-state index contributed by atoms with van der Waals surface area (Å²) in [6.45, 7) is 1.95. The van der Waals surface area contributed by atoms with E-state index < -0.39 is 11.6 Å². The van der Waals surface area contributed by atoms with Crippen molar-refractivity contribution in [2.45, 2.75) is 31.8 Å². The number of imide groups is 1. The third kappa shape index (κ3) is 2.54. The van der Waals surface area contributed by atoms with Crippen LogP contribution in [0.1, 0.15) is 29.0 Å². The fourth-order valence-corrected chi connectivity index (χ4v) is 4.30. The Morgan fingerprint density at radius 3 is 2.87 bits per heavy atom. The minimum atomic E-state index is -1.05. The molecule has 1 spiro atoms. The lowest BCUT2D eigenvalue weighted by atomic mass is 9.91. The van der Waals surface area contributed by atoms with Crippen molar-refractivity contribution < 1.29 is 18.8 Å². The molecule has 1 N–H and O–H groups in total. The number of nitrogens with zero attached hydrogens (tertiary/aromatic N) is 4. The van der Waals surface area contributed by atoms with E-state index in [0.717, 1.165) is 22.4 Å². The number of aromatic nitrogens is 3. The van der Waals surface area contributed by atoms with Crippen LogP contribution in [0.3, 0.4) is 0 Å². The van der Waals surface area contributed by atoms with E-state index in [1.165, 1.54) is 4.90 Å². The van der Waals surface area contributed by atoms with Crippen LogP contribution < -0.4 is 10.1 Å². The van der Waals surface area contributed by atoms with Crippen LogP contribution in [0.15, 0.2) is 35.0 Å². The van der Waals surface area contributed by atoms with E-state index in [1.807, 2.05) is 32.2 Å². The molecule has 1 atom stereocenters. The average Bonchev–Trinajstić information content (AvgIpc) is 3.48. The standard InChI is InChI=1S/C21H21N5O4/c1-12-16(10-22-25(12)2)18-9-15(30-24-18)11-26-19(27)21(23-20(26)28)7-6-13-4-5-14(29-3)8-17(13)21/h4-5,8-10H,6-7,11H2,1-3H3,(H,23,28). The molecule has 2 aromatic heterocycles. The normalized spacial score (nSPS) is 20.2. The predicted octanol–water partition coefficient (Wildman–Crippen LogP) is 2.29. The molecule has 9 heteroatoms. The van der Waals surface area contributed by atoms with Gasteiger partial charge in [0, 0.05) is 24.4 Å². The molecule has 1 saturated heterocycles.